The van der Waals surface area contributed by atoms with E-state index in [-0.39, 0.29) is 24.7 Å². The highest BCUT2D eigenvalue weighted by Gasteiger charge is 2.48. The molecule has 0 spiro atoms. The van der Waals surface area contributed by atoms with Crippen LogP contribution in [0.1, 0.15) is 19.4 Å². The summed E-state index contributed by atoms with van der Waals surface area (Å²) in [6, 6.07) is 3.36. The molecule has 130 valence electrons. The largest absolute Gasteiger partial charge is 0.469 e. The molecule has 1 saturated heterocycles. The van der Waals surface area contributed by atoms with Crippen molar-refractivity contribution < 1.29 is 23.8 Å². The summed E-state index contributed by atoms with van der Waals surface area (Å²) < 4.78 is 15.6. The van der Waals surface area contributed by atoms with Crippen LogP contribution in [0.5, 0.6) is 11.5 Å². The summed E-state index contributed by atoms with van der Waals surface area (Å²) in [6.45, 7) is 6.70. The van der Waals surface area contributed by atoms with Crippen molar-refractivity contribution in [2.75, 3.05) is 32.3 Å². The van der Waals surface area contributed by atoms with Crippen LogP contribution in [0.4, 0.5) is 10.5 Å². The number of nitrogens with one attached hydrogen (secondary N) is 1. The van der Waals surface area contributed by atoms with E-state index < -0.39 is 5.41 Å². The molecule has 7 nitrogen and oxygen atoms in total. The average Bonchev–Trinajstić information content (AvgIpc) is 3.12. The van der Waals surface area contributed by atoms with Crippen LogP contribution in [-0.2, 0) is 9.53 Å². The van der Waals surface area contributed by atoms with Crippen LogP contribution in [0, 0.1) is 18.3 Å². The number of likely N-dealkylation sites (tertiary alicyclic amines) is 1. The van der Waals surface area contributed by atoms with E-state index >= 15 is 0 Å². The Morgan fingerprint density at radius 2 is 2.00 bits per heavy atom. The molecule has 3 rings (SSSR count). The minimum absolute atomic E-state index is 0.0218. The number of rotatable bonds is 2. The number of aryl methyl sites for hydroxylation is 1. The quantitative estimate of drug-likeness (QED) is 0.840. The molecule has 0 aromatic heterocycles. The van der Waals surface area contributed by atoms with Crippen molar-refractivity contribution >= 4 is 17.7 Å². The number of esters is 1. The van der Waals surface area contributed by atoms with Gasteiger partial charge >= 0.3 is 12.0 Å². The summed E-state index contributed by atoms with van der Waals surface area (Å²) in [5, 5.41) is 2.90. The van der Waals surface area contributed by atoms with Gasteiger partial charge in [0.05, 0.1) is 12.5 Å². The molecule has 1 fully saturated rings. The van der Waals surface area contributed by atoms with Gasteiger partial charge in [-0.15, -0.1) is 0 Å². The van der Waals surface area contributed by atoms with Crippen LogP contribution in [-0.4, -0.2) is 43.9 Å². The third kappa shape index (κ3) is 2.64. The number of amides is 2. The smallest absolute Gasteiger partial charge is 0.321 e. The molecule has 2 heterocycles. The van der Waals surface area contributed by atoms with E-state index in [0.717, 1.165) is 5.56 Å². The highest BCUT2D eigenvalue weighted by atomic mass is 16.7. The molecule has 2 amide bonds. The van der Waals surface area contributed by atoms with Crippen molar-refractivity contribution in [3.05, 3.63) is 17.7 Å². The van der Waals surface area contributed by atoms with Gasteiger partial charge in [-0.05, 0) is 31.4 Å². The van der Waals surface area contributed by atoms with E-state index in [1.165, 1.54) is 7.11 Å². The van der Waals surface area contributed by atoms with E-state index in [0.29, 0.717) is 30.3 Å². The summed E-state index contributed by atoms with van der Waals surface area (Å²) in [6.07, 6.45) is 0. The standard InChI is InChI=1S/C17H22N2O5/c1-10-5-13-14(24-9-23-13)6-12(10)18-16(21)19-7-11(2)17(3,8-19)15(20)22-4/h5-6,11H,7-9H2,1-4H3,(H,18,21)/t11-,17-/m1/s1. The molecule has 1 aromatic carbocycles. The summed E-state index contributed by atoms with van der Waals surface area (Å²) in [4.78, 5) is 26.3. The summed E-state index contributed by atoms with van der Waals surface area (Å²) in [5.74, 6) is 1.03. The highest BCUT2D eigenvalue weighted by molar-refractivity contribution is 5.92. The predicted molar refractivity (Wildman–Crippen MR) is 87.2 cm³/mol. The molecule has 0 bridgehead atoms. The van der Waals surface area contributed by atoms with Crippen molar-refractivity contribution in [1.82, 2.24) is 4.90 Å². The van der Waals surface area contributed by atoms with Crippen LogP contribution >= 0.6 is 0 Å². The maximum absolute atomic E-state index is 12.6. The van der Waals surface area contributed by atoms with Gasteiger partial charge in [-0.3, -0.25) is 4.79 Å². The first-order chi connectivity index (χ1) is 11.3. The Bertz CT molecular complexity index is 690. The fraction of sp³-hybridized carbons (Fsp3) is 0.529. The number of ether oxygens (including phenoxy) is 3. The Hall–Kier alpha value is -2.44. The molecular formula is C17H22N2O5. The zero-order valence-electron chi connectivity index (χ0n) is 14.3. The molecule has 2 atom stereocenters. The Morgan fingerprint density at radius 1 is 1.33 bits per heavy atom. The zero-order chi connectivity index (χ0) is 17.5. The molecule has 7 heteroatoms. The second-order valence-electron chi connectivity index (χ2n) is 6.64. The van der Waals surface area contributed by atoms with E-state index in [2.05, 4.69) is 5.32 Å². The number of hydrogen-bond donors (Lipinski definition) is 1. The molecule has 0 unspecified atom stereocenters. The molecule has 0 saturated carbocycles. The van der Waals surface area contributed by atoms with Crippen LogP contribution < -0.4 is 14.8 Å². The first kappa shape index (κ1) is 16.4. The Balaban J connectivity index is 1.74. The molecule has 2 aliphatic heterocycles. The fourth-order valence-electron chi connectivity index (χ4n) is 3.18. The monoisotopic (exact) mass is 334 g/mol. The number of urea groups is 1. The van der Waals surface area contributed by atoms with Crippen LogP contribution in [0.25, 0.3) is 0 Å². The minimum Gasteiger partial charge on any atom is -0.469 e. The van der Waals surface area contributed by atoms with Crippen molar-refractivity contribution in [2.24, 2.45) is 11.3 Å². The number of benzene rings is 1. The summed E-state index contributed by atoms with van der Waals surface area (Å²) in [7, 11) is 1.37. The highest BCUT2D eigenvalue weighted by Crippen LogP contribution is 2.39. The van der Waals surface area contributed by atoms with Crippen molar-refractivity contribution in [1.29, 1.82) is 0 Å². The molecule has 24 heavy (non-hydrogen) atoms. The van der Waals surface area contributed by atoms with E-state index in [4.69, 9.17) is 14.2 Å². The van der Waals surface area contributed by atoms with E-state index in [1.807, 2.05) is 26.8 Å². The van der Waals surface area contributed by atoms with Gasteiger partial charge in [-0.1, -0.05) is 6.92 Å². The Morgan fingerprint density at radius 3 is 2.67 bits per heavy atom. The third-order valence-corrected chi connectivity index (χ3v) is 5.00. The predicted octanol–water partition coefficient (Wildman–Crippen LogP) is 2.39. The maximum atomic E-state index is 12.6. The van der Waals surface area contributed by atoms with Gasteiger partial charge in [0.2, 0.25) is 6.79 Å². The van der Waals surface area contributed by atoms with Gasteiger partial charge in [0.1, 0.15) is 0 Å². The SMILES string of the molecule is COC(=O)[C@]1(C)CN(C(=O)Nc2cc3c(cc2C)OCO3)C[C@H]1C. The van der Waals surface area contributed by atoms with Gasteiger partial charge < -0.3 is 24.4 Å². The molecule has 1 N–H and O–H groups in total. The maximum Gasteiger partial charge on any atom is 0.321 e. The second-order valence-corrected chi connectivity index (χ2v) is 6.64. The lowest BCUT2D eigenvalue weighted by atomic mass is 9.81. The lowest BCUT2D eigenvalue weighted by Gasteiger charge is -2.24. The second kappa shape index (κ2) is 5.89. The average molecular weight is 334 g/mol. The van der Waals surface area contributed by atoms with Crippen LogP contribution in [0.3, 0.4) is 0 Å². The van der Waals surface area contributed by atoms with Gasteiger partial charge in [0, 0.05) is 24.8 Å². The van der Waals surface area contributed by atoms with Crippen molar-refractivity contribution in [3.63, 3.8) is 0 Å². The number of nitrogens with zero attached hydrogens (tertiary/aromatic N) is 1. The van der Waals surface area contributed by atoms with Crippen molar-refractivity contribution in [2.45, 2.75) is 20.8 Å². The number of hydrogen-bond acceptors (Lipinski definition) is 5. The normalized spacial score (nSPS) is 24.8. The number of carbonyl (C=O) groups excluding carboxylic acids is 2. The van der Waals surface area contributed by atoms with Gasteiger partial charge in [0.15, 0.2) is 11.5 Å². The van der Waals surface area contributed by atoms with Gasteiger partial charge in [-0.25, -0.2) is 4.79 Å². The van der Waals surface area contributed by atoms with Crippen LogP contribution in [0.2, 0.25) is 0 Å². The minimum atomic E-state index is -0.685. The summed E-state index contributed by atoms with van der Waals surface area (Å²) >= 11 is 0. The Kier molecular flexibility index (Phi) is 4.03. The summed E-state index contributed by atoms with van der Waals surface area (Å²) in [5.41, 5.74) is 0.870. The molecule has 0 radical (unpaired) electrons. The third-order valence-electron chi connectivity index (χ3n) is 5.00. The van der Waals surface area contributed by atoms with E-state index in [9.17, 15) is 9.59 Å². The topological polar surface area (TPSA) is 77.1 Å². The number of methoxy groups -OCH3 is 1. The zero-order valence-corrected chi connectivity index (χ0v) is 14.3. The van der Waals surface area contributed by atoms with Crippen LogP contribution in [0.15, 0.2) is 12.1 Å². The molecule has 2 aliphatic rings. The number of carbonyl (C=O) groups is 2. The fourth-order valence-corrected chi connectivity index (χ4v) is 3.18. The Labute approximate surface area is 140 Å². The van der Waals surface area contributed by atoms with E-state index in [1.54, 1.807) is 11.0 Å². The number of anilines is 1. The van der Waals surface area contributed by atoms with Crippen molar-refractivity contribution in [3.8, 4) is 11.5 Å². The first-order valence-corrected chi connectivity index (χ1v) is 7.89. The molecular weight excluding hydrogens is 312 g/mol. The first-order valence-electron chi connectivity index (χ1n) is 7.89. The number of fused-ring (bicyclic) bond motifs is 1. The molecule has 0 aliphatic carbocycles. The van der Waals surface area contributed by atoms with Gasteiger partial charge in [-0.2, -0.15) is 0 Å². The lowest BCUT2D eigenvalue weighted by molar-refractivity contribution is -0.152. The lowest BCUT2D eigenvalue weighted by Crippen LogP contribution is -2.38. The molecule has 1 aromatic rings. The van der Waals surface area contributed by atoms with Gasteiger partial charge in [0.25, 0.3) is 0 Å².